The molecule has 0 fully saturated rings. The van der Waals surface area contributed by atoms with E-state index in [2.05, 4.69) is 29.5 Å². The lowest BCUT2D eigenvalue weighted by Crippen LogP contribution is -2.36. The summed E-state index contributed by atoms with van der Waals surface area (Å²) in [6, 6.07) is 4.70. The third kappa shape index (κ3) is 3.23. The Kier molecular flexibility index (Phi) is 4.48. The van der Waals surface area contributed by atoms with Crippen LogP contribution in [0, 0.1) is 0 Å². The standard InChI is InChI=1S/C20H25FN2O2Si/c1-26(2,3)10-9-24-13-23-8-6-17-18-14(12-25-17)11-16(21)15-5-4-7-22-19(15)20(18)23/h4-5,7,11-12,17H,6,8-10,13H2,1-3H3. The summed E-state index contributed by atoms with van der Waals surface area (Å²) in [7, 11) is -1.12. The number of aromatic nitrogens is 1. The monoisotopic (exact) mass is 372 g/mol. The van der Waals surface area contributed by atoms with Crippen LogP contribution in [0.5, 0.6) is 0 Å². The number of pyridine rings is 1. The number of halogens is 1. The van der Waals surface area contributed by atoms with Crippen LogP contribution in [0.15, 0.2) is 41.8 Å². The summed E-state index contributed by atoms with van der Waals surface area (Å²) >= 11 is 0. The highest BCUT2D eigenvalue weighted by Crippen LogP contribution is 2.44. The summed E-state index contributed by atoms with van der Waals surface area (Å²) in [6.07, 6.45) is 5.82. The van der Waals surface area contributed by atoms with Crippen molar-refractivity contribution in [3.63, 3.8) is 0 Å². The molecule has 3 aliphatic rings. The zero-order chi connectivity index (χ0) is 18.3. The van der Waals surface area contributed by atoms with Crippen molar-refractivity contribution in [1.29, 1.82) is 0 Å². The third-order valence-corrected chi connectivity index (χ3v) is 6.74. The first-order chi connectivity index (χ1) is 12.4. The number of hydrogen-bond donors (Lipinski definition) is 0. The van der Waals surface area contributed by atoms with Crippen molar-refractivity contribution in [2.75, 3.05) is 19.9 Å². The van der Waals surface area contributed by atoms with Gasteiger partial charge in [-0.3, -0.25) is 4.98 Å². The van der Waals surface area contributed by atoms with Crippen LogP contribution in [0.25, 0.3) is 11.5 Å². The van der Waals surface area contributed by atoms with Gasteiger partial charge in [-0.2, -0.15) is 0 Å². The molecule has 0 amide bonds. The molecule has 1 atom stereocenters. The van der Waals surface area contributed by atoms with E-state index in [4.69, 9.17) is 9.47 Å². The van der Waals surface area contributed by atoms with Crippen LogP contribution >= 0.6 is 0 Å². The second-order valence-electron chi connectivity index (χ2n) is 8.25. The number of rotatable bonds is 5. The molecule has 0 radical (unpaired) electrons. The van der Waals surface area contributed by atoms with Crippen LogP contribution in [0.4, 0.5) is 4.39 Å². The molecule has 0 saturated carbocycles. The Balaban J connectivity index is 1.65. The first-order valence-corrected chi connectivity index (χ1v) is 12.9. The smallest absolute Gasteiger partial charge is 0.133 e. The van der Waals surface area contributed by atoms with Gasteiger partial charge in [0.15, 0.2) is 0 Å². The molecule has 0 N–H and O–H groups in total. The SMILES string of the molecule is C[Si](C)(C)CCOCN1CCC2OC=C3C=C(F)c4cccnc4C1=C32. The predicted octanol–water partition coefficient (Wildman–Crippen LogP) is 4.42. The summed E-state index contributed by atoms with van der Waals surface area (Å²) in [6.45, 7) is 9.12. The number of ether oxygens (including phenoxy) is 2. The van der Waals surface area contributed by atoms with E-state index in [1.165, 1.54) is 0 Å². The van der Waals surface area contributed by atoms with Crippen LogP contribution < -0.4 is 0 Å². The Morgan fingerprint density at radius 2 is 2.23 bits per heavy atom. The van der Waals surface area contributed by atoms with Crippen LogP contribution in [0.2, 0.25) is 25.7 Å². The van der Waals surface area contributed by atoms with Gasteiger partial charge in [-0.1, -0.05) is 19.6 Å². The second kappa shape index (κ2) is 6.67. The van der Waals surface area contributed by atoms with Gasteiger partial charge < -0.3 is 14.4 Å². The minimum Gasteiger partial charge on any atom is -0.493 e. The van der Waals surface area contributed by atoms with E-state index in [-0.39, 0.29) is 11.9 Å². The second-order valence-corrected chi connectivity index (χ2v) is 13.9. The molecule has 4 rings (SSSR count). The summed E-state index contributed by atoms with van der Waals surface area (Å²) in [5, 5.41) is 0. The highest BCUT2D eigenvalue weighted by molar-refractivity contribution is 6.76. The third-order valence-electron chi connectivity index (χ3n) is 5.04. The van der Waals surface area contributed by atoms with Crippen LogP contribution in [-0.4, -0.2) is 43.9 Å². The highest BCUT2D eigenvalue weighted by atomic mass is 28.3. The van der Waals surface area contributed by atoms with E-state index < -0.39 is 8.07 Å². The van der Waals surface area contributed by atoms with Crippen molar-refractivity contribution < 1.29 is 13.9 Å². The van der Waals surface area contributed by atoms with E-state index in [0.29, 0.717) is 18.0 Å². The molecule has 1 aromatic heterocycles. The first-order valence-electron chi connectivity index (χ1n) is 9.20. The molecule has 2 aliphatic heterocycles. The molecular weight excluding hydrogens is 347 g/mol. The molecule has 1 unspecified atom stereocenters. The minimum absolute atomic E-state index is 0.0183. The van der Waals surface area contributed by atoms with Gasteiger partial charge in [-0.15, -0.1) is 0 Å². The summed E-state index contributed by atoms with van der Waals surface area (Å²) in [5.74, 6) is -0.266. The van der Waals surface area contributed by atoms with Gasteiger partial charge in [-0.05, 0) is 24.3 Å². The Bertz CT molecular complexity index is 810. The number of fused-ring (bicyclic) bond motifs is 2. The van der Waals surface area contributed by atoms with Crippen molar-refractivity contribution in [3.8, 4) is 0 Å². The van der Waals surface area contributed by atoms with Gasteiger partial charge >= 0.3 is 0 Å². The van der Waals surface area contributed by atoms with Crippen molar-refractivity contribution >= 4 is 19.6 Å². The maximum Gasteiger partial charge on any atom is 0.133 e. The fraction of sp³-hybridized carbons (Fsp3) is 0.450. The van der Waals surface area contributed by atoms with Gasteiger partial charge in [0.05, 0.1) is 17.7 Å². The van der Waals surface area contributed by atoms with E-state index in [1.807, 2.05) is 0 Å². The Morgan fingerprint density at radius 1 is 1.38 bits per heavy atom. The Labute approximate surface area is 155 Å². The van der Waals surface area contributed by atoms with Gasteiger partial charge in [0.2, 0.25) is 0 Å². The number of hydrogen-bond acceptors (Lipinski definition) is 4. The van der Waals surface area contributed by atoms with E-state index in [1.54, 1.807) is 30.7 Å². The minimum atomic E-state index is -1.12. The molecule has 1 aromatic rings. The molecule has 6 heteroatoms. The maximum atomic E-state index is 14.7. The zero-order valence-corrected chi connectivity index (χ0v) is 16.6. The van der Waals surface area contributed by atoms with Crippen LogP contribution in [-0.2, 0) is 9.47 Å². The average Bonchev–Trinajstić information content (AvgIpc) is 2.95. The van der Waals surface area contributed by atoms with Crippen molar-refractivity contribution in [1.82, 2.24) is 9.88 Å². The van der Waals surface area contributed by atoms with Gasteiger partial charge in [0.1, 0.15) is 18.7 Å². The highest BCUT2D eigenvalue weighted by Gasteiger charge is 2.38. The quantitative estimate of drug-likeness (QED) is 0.566. The Morgan fingerprint density at radius 3 is 3.04 bits per heavy atom. The Hall–Kier alpha value is -1.92. The van der Waals surface area contributed by atoms with Crippen LogP contribution in [0.3, 0.4) is 0 Å². The normalized spacial score (nSPS) is 21.5. The molecule has 0 spiro atoms. The molecule has 0 aromatic carbocycles. The van der Waals surface area contributed by atoms with Gasteiger partial charge in [0.25, 0.3) is 0 Å². The predicted molar refractivity (Wildman–Crippen MR) is 103 cm³/mol. The molecule has 4 nitrogen and oxygen atoms in total. The summed E-state index contributed by atoms with van der Waals surface area (Å²) in [5.41, 5.74) is 4.03. The van der Waals surface area contributed by atoms with E-state index in [0.717, 1.165) is 42.5 Å². The molecule has 138 valence electrons. The average molecular weight is 373 g/mol. The van der Waals surface area contributed by atoms with Gasteiger partial charge in [0, 0.05) is 50.6 Å². The lowest BCUT2D eigenvalue weighted by Gasteiger charge is -2.35. The lowest BCUT2D eigenvalue weighted by molar-refractivity contribution is 0.0543. The fourth-order valence-electron chi connectivity index (χ4n) is 3.60. The summed E-state index contributed by atoms with van der Waals surface area (Å²) < 4.78 is 26.5. The molecule has 0 bridgehead atoms. The van der Waals surface area contributed by atoms with E-state index >= 15 is 0 Å². The molecule has 1 aliphatic carbocycles. The van der Waals surface area contributed by atoms with E-state index in [9.17, 15) is 4.39 Å². The molecule has 26 heavy (non-hydrogen) atoms. The molecule has 3 heterocycles. The largest absolute Gasteiger partial charge is 0.493 e. The zero-order valence-electron chi connectivity index (χ0n) is 15.6. The van der Waals surface area contributed by atoms with Crippen LogP contribution in [0.1, 0.15) is 17.7 Å². The summed E-state index contributed by atoms with van der Waals surface area (Å²) in [4.78, 5) is 6.71. The lowest BCUT2D eigenvalue weighted by atomic mass is 9.94. The fourth-order valence-corrected chi connectivity index (χ4v) is 4.36. The number of allylic oxidation sites excluding steroid dienone is 1. The van der Waals surface area contributed by atoms with Crippen molar-refractivity contribution in [3.05, 3.63) is 53.1 Å². The van der Waals surface area contributed by atoms with Crippen molar-refractivity contribution in [2.45, 2.75) is 38.2 Å². The molecular formula is C20H25FN2O2Si. The molecule has 0 saturated heterocycles. The van der Waals surface area contributed by atoms with Crippen molar-refractivity contribution in [2.24, 2.45) is 0 Å². The maximum absolute atomic E-state index is 14.7. The first kappa shape index (κ1) is 17.5. The topological polar surface area (TPSA) is 34.6 Å². The van der Waals surface area contributed by atoms with Gasteiger partial charge in [-0.25, -0.2) is 4.39 Å². The number of nitrogens with zero attached hydrogens (tertiary/aromatic N) is 2.